The molecule has 0 aliphatic carbocycles. The van der Waals surface area contributed by atoms with E-state index in [4.69, 9.17) is 0 Å². The minimum atomic E-state index is -2.45. The molecule has 8 heteroatoms. The molecule has 0 heterocycles. The minimum absolute atomic E-state index is 1.28. The molecule has 0 atom stereocenters. The highest BCUT2D eigenvalue weighted by Gasteiger charge is 2.30. The van der Waals surface area contributed by atoms with E-state index in [1.807, 2.05) is 12.1 Å². The van der Waals surface area contributed by atoms with Gasteiger partial charge in [0, 0.05) is 0 Å². The van der Waals surface area contributed by atoms with Crippen molar-refractivity contribution in [3.63, 3.8) is 0 Å². The lowest BCUT2D eigenvalue weighted by atomic mass is 10.1. The molecule has 4 aromatic rings. The Balaban J connectivity index is 0.000000184. The summed E-state index contributed by atoms with van der Waals surface area (Å²) in [6.45, 7) is 0. The Hall–Kier alpha value is -3.42. The third-order valence-corrected chi connectivity index (χ3v) is 4.17. The van der Waals surface area contributed by atoms with Crippen LogP contribution in [0, 0.1) is 46.5 Å². The van der Waals surface area contributed by atoms with Crippen molar-refractivity contribution in [1.29, 1.82) is 0 Å². The van der Waals surface area contributed by atoms with Crippen LogP contribution in [-0.2, 0) is 0 Å². The molecular formula is C22H10F8. The van der Waals surface area contributed by atoms with Gasteiger partial charge in [-0.15, -0.1) is 0 Å². The lowest BCUT2D eigenvalue weighted by molar-refractivity contribution is 0.395. The minimum Gasteiger partial charge on any atom is -0.203 e. The molecule has 4 aromatic carbocycles. The van der Waals surface area contributed by atoms with Gasteiger partial charge in [-0.1, -0.05) is 60.7 Å². The van der Waals surface area contributed by atoms with Gasteiger partial charge in [0.25, 0.3) is 0 Å². The van der Waals surface area contributed by atoms with E-state index in [1.54, 1.807) is 0 Å². The zero-order valence-corrected chi connectivity index (χ0v) is 14.8. The van der Waals surface area contributed by atoms with E-state index in [-0.39, 0.29) is 0 Å². The smallest absolute Gasteiger partial charge is 0.198 e. The van der Waals surface area contributed by atoms with Crippen molar-refractivity contribution in [2.45, 2.75) is 0 Å². The summed E-state index contributed by atoms with van der Waals surface area (Å²) in [6, 6.07) is 20.8. The Labute approximate surface area is 165 Å². The molecule has 0 spiro atoms. The van der Waals surface area contributed by atoms with Crippen LogP contribution in [0.5, 0.6) is 0 Å². The Bertz CT molecular complexity index is 1050. The van der Waals surface area contributed by atoms with Gasteiger partial charge in [0.2, 0.25) is 0 Å². The summed E-state index contributed by atoms with van der Waals surface area (Å²) >= 11 is 0. The summed E-state index contributed by atoms with van der Waals surface area (Å²) in [5.41, 5.74) is 2.55. The predicted octanol–water partition coefficient (Wildman–Crippen LogP) is 7.31. The monoisotopic (exact) mass is 426 g/mol. The van der Waals surface area contributed by atoms with Crippen LogP contribution in [0.3, 0.4) is 0 Å². The van der Waals surface area contributed by atoms with Gasteiger partial charge in [-0.25, -0.2) is 35.1 Å². The first-order valence-electron chi connectivity index (χ1n) is 8.33. The lowest BCUT2D eigenvalue weighted by Crippen LogP contribution is -2.06. The van der Waals surface area contributed by atoms with Crippen LogP contribution < -0.4 is 0 Å². The molecule has 154 valence electrons. The molecule has 0 saturated carbocycles. The molecule has 30 heavy (non-hydrogen) atoms. The number of benzene rings is 4. The number of hydrogen-bond donors (Lipinski definition) is 0. The molecule has 0 aliphatic heterocycles. The Morgan fingerprint density at radius 1 is 0.300 bits per heavy atom. The Morgan fingerprint density at radius 3 is 0.767 bits per heavy atom. The second-order valence-corrected chi connectivity index (χ2v) is 5.99. The highest BCUT2D eigenvalue weighted by molar-refractivity contribution is 5.85. The zero-order chi connectivity index (χ0) is 22.0. The van der Waals surface area contributed by atoms with Crippen LogP contribution in [0.4, 0.5) is 35.1 Å². The summed E-state index contributed by atoms with van der Waals surface area (Å²) in [5, 5.41) is -3.66. The van der Waals surface area contributed by atoms with Gasteiger partial charge < -0.3 is 0 Å². The van der Waals surface area contributed by atoms with Gasteiger partial charge in [0.05, 0.1) is 10.8 Å². The second kappa shape index (κ2) is 8.52. The van der Waals surface area contributed by atoms with Gasteiger partial charge in [-0.2, -0.15) is 0 Å². The van der Waals surface area contributed by atoms with E-state index in [0.717, 1.165) is 0 Å². The highest BCUT2D eigenvalue weighted by atomic mass is 19.2. The van der Waals surface area contributed by atoms with Crippen molar-refractivity contribution in [2.24, 2.45) is 0 Å². The van der Waals surface area contributed by atoms with Crippen LogP contribution in [0.1, 0.15) is 0 Å². The fourth-order valence-corrected chi connectivity index (χ4v) is 2.72. The molecular weight excluding hydrogens is 416 g/mol. The molecule has 0 nitrogen and oxygen atoms in total. The maximum Gasteiger partial charge on any atom is 0.198 e. The van der Waals surface area contributed by atoms with E-state index < -0.39 is 57.3 Å². The van der Waals surface area contributed by atoms with Crippen LogP contribution >= 0.6 is 0 Å². The Kier molecular flexibility index (Phi) is 6.05. The summed E-state index contributed by atoms with van der Waals surface area (Å²) in [4.78, 5) is 0. The van der Waals surface area contributed by atoms with E-state index in [9.17, 15) is 35.1 Å². The fourth-order valence-electron chi connectivity index (χ4n) is 2.72. The van der Waals surface area contributed by atoms with Gasteiger partial charge in [-0.3, -0.25) is 0 Å². The van der Waals surface area contributed by atoms with Crippen LogP contribution in [0.15, 0.2) is 60.7 Å². The molecule has 0 N–H and O–H groups in total. The molecule has 4 rings (SSSR count). The molecule has 0 bridgehead atoms. The third kappa shape index (κ3) is 3.72. The molecule has 0 radical (unpaired) electrons. The summed E-state index contributed by atoms with van der Waals surface area (Å²) in [6.07, 6.45) is 0. The average Bonchev–Trinajstić information content (AvgIpc) is 2.78. The first-order valence-corrected chi connectivity index (χ1v) is 8.33. The number of fused-ring (bicyclic) bond motifs is 1. The van der Waals surface area contributed by atoms with Crippen LogP contribution in [0.2, 0.25) is 0 Å². The average molecular weight is 426 g/mol. The largest absolute Gasteiger partial charge is 0.203 e. The van der Waals surface area contributed by atoms with Crippen LogP contribution in [-0.4, -0.2) is 0 Å². The fraction of sp³-hybridized carbons (Fsp3) is 0. The van der Waals surface area contributed by atoms with Gasteiger partial charge in [-0.05, 0) is 11.1 Å². The SMILES string of the molecule is Fc1c(F)c(F)c2c(F)c(F)c(F)c(F)c2c1F.c1ccc(-c2ccccc2)cc1. The van der Waals surface area contributed by atoms with E-state index in [1.165, 1.54) is 11.1 Å². The van der Waals surface area contributed by atoms with E-state index in [0.29, 0.717) is 0 Å². The van der Waals surface area contributed by atoms with Gasteiger partial charge >= 0.3 is 0 Å². The predicted molar refractivity (Wildman–Crippen MR) is 95.5 cm³/mol. The topological polar surface area (TPSA) is 0 Å². The quantitative estimate of drug-likeness (QED) is 0.170. The molecule has 0 unspecified atom stereocenters. The Morgan fingerprint density at radius 2 is 0.533 bits per heavy atom. The summed E-state index contributed by atoms with van der Waals surface area (Å²) in [5.74, 6) is -19.2. The normalized spacial score (nSPS) is 10.7. The van der Waals surface area contributed by atoms with Crippen molar-refractivity contribution in [3.05, 3.63) is 107 Å². The van der Waals surface area contributed by atoms with Gasteiger partial charge in [0.15, 0.2) is 46.5 Å². The summed E-state index contributed by atoms with van der Waals surface area (Å²) < 4.78 is 104. The molecule has 0 fully saturated rings. The first kappa shape index (κ1) is 21.3. The van der Waals surface area contributed by atoms with E-state index >= 15 is 0 Å². The molecule has 0 aromatic heterocycles. The van der Waals surface area contributed by atoms with Crippen molar-refractivity contribution in [1.82, 2.24) is 0 Å². The maximum atomic E-state index is 13.1. The van der Waals surface area contributed by atoms with Gasteiger partial charge in [0.1, 0.15) is 0 Å². The summed E-state index contributed by atoms with van der Waals surface area (Å²) in [7, 11) is 0. The van der Waals surface area contributed by atoms with Crippen molar-refractivity contribution < 1.29 is 35.1 Å². The highest BCUT2D eigenvalue weighted by Crippen LogP contribution is 2.33. The number of hydrogen-bond acceptors (Lipinski definition) is 0. The maximum absolute atomic E-state index is 13.1. The first-order chi connectivity index (χ1) is 14.3. The lowest BCUT2D eigenvalue weighted by Gasteiger charge is -2.08. The van der Waals surface area contributed by atoms with Crippen molar-refractivity contribution in [3.8, 4) is 11.1 Å². The van der Waals surface area contributed by atoms with Crippen molar-refractivity contribution >= 4 is 10.8 Å². The molecule has 0 amide bonds. The zero-order valence-electron chi connectivity index (χ0n) is 14.8. The van der Waals surface area contributed by atoms with E-state index in [2.05, 4.69) is 48.5 Å². The number of halogens is 8. The van der Waals surface area contributed by atoms with Crippen LogP contribution in [0.25, 0.3) is 21.9 Å². The second-order valence-electron chi connectivity index (χ2n) is 5.99. The standard InChI is InChI=1S/C12H10.C10F8/c1-3-7-11(8-4-1)12-9-5-2-6-10-12;11-3-1-2(5(13)9(17)7(3)15)6(14)10(18)8(16)4(1)12/h1-10H;. The number of rotatable bonds is 1. The van der Waals surface area contributed by atoms with Crippen molar-refractivity contribution in [2.75, 3.05) is 0 Å². The molecule has 0 aliphatic rings. The molecule has 0 saturated heterocycles. The third-order valence-electron chi connectivity index (χ3n) is 4.17.